The molecule has 0 aromatic heterocycles. The topological polar surface area (TPSA) is 47.6 Å². The number of hydrogen-bond acceptors (Lipinski definition) is 3. The van der Waals surface area contributed by atoms with Crippen molar-refractivity contribution < 1.29 is 14.3 Å². The summed E-state index contributed by atoms with van der Waals surface area (Å²) in [5.41, 5.74) is 0.534. The highest BCUT2D eigenvalue weighted by Crippen LogP contribution is 2.25. The highest BCUT2D eigenvalue weighted by Gasteiger charge is 2.17. The van der Waals surface area contributed by atoms with Crippen molar-refractivity contribution in [3.63, 3.8) is 0 Å². The van der Waals surface area contributed by atoms with Gasteiger partial charge in [0.05, 0.1) is 17.7 Å². The van der Waals surface area contributed by atoms with E-state index in [1.54, 1.807) is 18.2 Å². The van der Waals surface area contributed by atoms with E-state index in [9.17, 15) is 4.79 Å². The van der Waals surface area contributed by atoms with Gasteiger partial charge in [0.15, 0.2) is 0 Å². The van der Waals surface area contributed by atoms with E-state index in [1.165, 1.54) is 0 Å². The summed E-state index contributed by atoms with van der Waals surface area (Å²) in [4.78, 5) is 12.0. The molecule has 5 heteroatoms. The van der Waals surface area contributed by atoms with Crippen molar-refractivity contribution in [2.75, 3.05) is 19.8 Å². The van der Waals surface area contributed by atoms with E-state index in [4.69, 9.17) is 21.1 Å². The smallest absolute Gasteiger partial charge is 0.251 e. The van der Waals surface area contributed by atoms with E-state index >= 15 is 0 Å². The van der Waals surface area contributed by atoms with Gasteiger partial charge in [0.2, 0.25) is 0 Å². The first kappa shape index (κ1) is 14.2. The Morgan fingerprint density at radius 1 is 1.58 bits per heavy atom. The van der Waals surface area contributed by atoms with Crippen LogP contribution in [0.25, 0.3) is 0 Å². The lowest BCUT2D eigenvalue weighted by atomic mass is 10.2. The second kappa shape index (κ2) is 6.78. The van der Waals surface area contributed by atoms with Crippen LogP contribution >= 0.6 is 11.6 Å². The average Bonchev–Trinajstić information content (AvgIpc) is 2.91. The predicted octanol–water partition coefficient (Wildman–Crippen LogP) is 2.65. The maximum absolute atomic E-state index is 12.0. The summed E-state index contributed by atoms with van der Waals surface area (Å²) in [5.74, 6) is 0.459. The lowest BCUT2D eigenvalue weighted by Crippen LogP contribution is -2.31. The van der Waals surface area contributed by atoms with Gasteiger partial charge in [-0.15, -0.1) is 0 Å². The molecule has 1 fully saturated rings. The van der Waals surface area contributed by atoms with Crippen molar-refractivity contribution in [2.45, 2.75) is 25.9 Å². The Morgan fingerprint density at radius 3 is 3.05 bits per heavy atom. The highest BCUT2D eigenvalue weighted by atomic mass is 35.5. The number of rotatable bonds is 5. The van der Waals surface area contributed by atoms with Crippen LogP contribution in [-0.2, 0) is 4.74 Å². The van der Waals surface area contributed by atoms with Crippen LogP contribution in [0.1, 0.15) is 30.1 Å². The van der Waals surface area contributed by atoms with Crippen molar-refractivity contribution in [3.8, 4) is 5.75 Å². The number of ether oxygens (including phenoxy) is 2. The largest absolute Gasteiger partial charge is 0.492 e. The maximum Gasteiger partial charge on any atom is 0.251 e. The molecular weight excluding hydrogens is 266 g/mol. The quantitative estimate of drug-likeness (QED) is 0.904. The van der Waals surface area contributed by atoms with Crippen LogP contribution in [0.4, 0.5) is 0 Å². The molecular formula is C14H18ClNO3. The molecule has 19 heavy (non-hydrogen) atoms. The van der Waals surface area contributed by atoms with Crippen LogP contribution in [0.2, 0.25) is 5.02 Å². The van der Waals surface area contributed by atoms with E-state index in [-0.39, 0.29) is 12.0 Å². The number of hydrogen-bond donors (Lipinski definition) is 1. The Kier molecular flexibility index (Phi) is 5.05. The summed E-state index contributed by atoms with van der Waals surface area (Å²) in [7, 11) is 0. The van der Waals surface area contributed by atoms with E-state index in [0.29, 0.717) is 29.5 Å². The second-order valence-corrected chi connectivity index (χ2v) is 4.83. The van der Waals surface area contributed by atoms with Gasteiger partial charge in [0, 0.05) is 18.7 Å². The van der Waals surface area contributed by atoms with Gasteiger partial charge in [-0.1, -0.05) is 11.6 Å². The molecule has 1 aliphatic rings. The molecule has 0 saturated carbocycles. The Labute approximate surface area is 118 Å². The first-order valence-corrected chi connectivity index (χ1v) is 6.90. The molecule has 0 radical (unpaired) electrons. The molecule has 1 aromatic rings. The van der Waals surface area contributed by atoms with Crippen LogP contribution in [-0.4, -0.2) is 31.8 Å². The molecule has 1 aromatic carbocycles. The molecule has 0 aliphatic carbocycles. The van der Waals surface area contributed by atoms with E-state index in [2.05, 4.69) is 5.32 Å². The van der Waals surface area contributed by atoms with Gasteiger partial charge in [-0.25, -0.2) is 0 Å². The first-order valence-electron chi connectivity index (χ1n) is 6.53. The van der Waals surface area contributed by atoms with Crippen molar-refractivity contribution in [2.24, 2.45) is 0 Å². The molecule has 0 bridgehead atoms. The van der Waals surface area contributed by atoms with Crippen LogP contribution in [0.3, 0.4) is 0 Å². The Balaban J connectivity index is 1.92. The highest BCUT2D eigenvalue weighted by molar-refractivity contribution is 6.32. The zero-order chi connectivity index (χ0) is 13.7. The van der Waals surface area contributed by atoms with Gasteiger partial charge in [0.25, 0.3) is 5.91 Å². The van der Waals surface area contributed by atoms with Gasteiger partial charge in [0.1, 0.15) is 5.75 Å². The standard InChI is InChI=1S/C14H18ClNO3/c1-2-18-13-6-5-10(8-12(13)15)14(17)16-9-11-4-3-7-19-11/h5-6,8,11H,2-4,7,9H2,1H3,(H,16,17)/t11-/m0/s1. The normalized spacial score (nSPS) is 18.3. The van der Waals surface area contributed by atoms with Crippen molar-refractivity contribution >= 4 is 17.5 Å². The summed E-state index contributed by atoms with van der Waals surface area (Å²) >= 11 is 6.05. The molecule has 1 aliphatic heterocycles. The molecule has 1 amide bonds. The number of halogens is 1. The minimum atomic E-state index is -0.138. The molecule has 1 N–H and O–H groups in total. The third-order valence-electron chi connectivity index (χ3n) is 3.01. The van der Waals surface area contributed by atoms with E-state index < -0.39 is 0 Å². The fourth-order valence-corrected chi connectivity index (χ4v) is 2.26. The number of nitrogens with one attached hydrogen (secondary N) is 1. The SMILES string of the molecule is CCOc1ccc(C(=O)NC[C@@H]2CCCO2)cc1Cl. The molecule has 1 atom stereocenters. The Morgan fingerprint density at radius 2 is 2.42 bits per heavy atom. The van der Waals surface area contributed by atoms with Crippen molar-refractivity contribution in [1.29, 1.82) is 0 Å². The molecule has 0 unspecified atom stereocenters. The molecule has 1 heterocycles. The fraction of sp³-hybridized carbons (Fsp3) is 0.500. The molecule has 0 spiro atoms. The molecule has 1 saturated heterocycles. The monoisotopic (exact) mass is 283 g/mol. The molecule has 4 nitrogen and oxygen atoms in total. The van der Waals surface area contributed by atoms with Crippen molar-refractivity contribution in [3.05, 3.63) is 28.8 Å². The summed E-state index contributed by atoms with van der Waals surface area (Å²) in [6.45, 7) is 3.77. The first-order chi connectivity index (χ1) is 9.20. The van der Waals surface area contributed by atoms with Crippen LogP contribution in [0.5, 0.6) is 5.75 Å². The van der Waals surface area contributed by atoms with Crippen molar-refractivity contribution in [1.82, 2.24) is 5.32 Å². The van der Waals surface area contributed by atoms with Gasteiger partial charge in [-0.3, -0.25) is 4.79 Å². The van der Waals surface area contributed by atoms with Gasteiger partial charge < -0.3 is 14.8 Å². The number of carbonyl (C=O) groups is 1. The lowest BCUT2D eigenvalue weighted by Gasteiger charge is -2.11. The Hall–Kier alpha value is -1.26. The summed E-state index contributed by atoms with van der Waals surface area (Å²) in [5, 5.41) is 3.31. The number of benzene rings is 1. The Bertz CT molecular complexity index is 444. The minimum absolute atomic E-state index is 0.138. The molecule has 2 rings (SSSR count). The predicted molar refractivity (Wildman–Crippen MR) is 73.9 cm³/mol. The fourth-order valence-electron chi connectivity index (χ4n) is 2.03. The van der Waals surface area contributed by atoms with E-state index in [1.807, 2.05) is 6.92 Å². The van der Waals surface area contributed by atoms with Gasteiger partial charge >= 0.3 is 0 Å². The maximum atomic E-state index is 12.0. The number of carbonyl (C=O) groups excluding carboxylic acids is 1. The second-order valence-electron chi connectivity index (χ2n) is 4.42. The van der Waals surface area contributed by atoms with E-state index in [0.717, 1.165) is 19.4 Å². The third-order valence-corrected chi connectivity index (χ3v) is 3.30. The third kappa shape index (κ3) is 3.85. The van der Waals surface area contributed by atoms with Crippen LogP contribution in [0.15, 0.2) is 18.2 Å². The lowest BCUT2D eigenvalue weighted by molar-refractivity contribution is 0.0858. The van der Waals surface area contributed by atoms with Gasteiger partial charge in [-0.2, -0.15) is 0 Å². The zero-order valence-corrected chi connectivity index (χ0v) is 11.7. The summed E-state index contributed by atoms with van der Waals surface area (Å²) in [6.07, 6.45) is 2.21. The average molecular weight is 284 g/mol. The van der Waals surface area contributed by atoms with Crippen LogP contribution in [0, 0.1) is 0 Å². The van der Waals surface area contributed by atoms with Crippen LogP contribution < -0.4 is 10.1 Å². The number of amides is 1. The molecule has 104 valence electrons. The summed E-state index contributed by atoms with van der Waals surface area (Å²) < 4.78 is 10.8. The summed E-state index contributed by atoms with van der Waals surface area (Å²) in [6, 6.07) is 5.05. The minimum Gasteiger partial charge on any atom is -0.492 e. The zero-order valence-electron chi connectivity index (χ0n) is 10.9. The van der Waals surface area contributed by atoms with Gasteiger partial charge in [-0.05, 0) is 38.0 Å².